The molecule has 2 aromatic heterocycles. The molecule has 194 valence electrons. The van der Waals surface area contributed by atoms with Gasteiger partial charge in [-0.3, -0.25) is 4.57 Å². The van der Waals surface area contributed by atoms with Crippen molar-refractivity contribution >= 4 is 35.0 Å². The van der Waals surface area contributed by atoms with Gasteiger partial charge in [0.15, 0.2) is 11.0 Å². The van der Waals surface area contributed by atoms with Gasteiger partial charge in [0.1, 0.15) is 11.6 Å². The molecular formula is C27H23Cl2FN6OS. The third kappa shape index (κ3) is 5.70. The summed E-state index contributed by atoms with van der Waals surface area (Å²) in [4.78, 5) is 4.75. The normalized spacial score (nSPS) is 12.0. The molecule has 0 spiro atoms. The van der Waals surface area contributed by atoms with E-state index in [0.29, 0.717) is 27.4 Å². The van der Waals surface area contributed by atoms with E-state index in [9.17, 15) is 4.39 Å². The van der Waals surface area contributed by atoms with Crippen LogP contribution in [0, 0.1) is 5.82 Å². The fourth-order valence-corrected chi connectivity index (χ4v) is 5.54. The van der Waals surface area contributed by atoms with E-state index in [1.807, 2.05) is 42.6 Å². The van der Waals surface area contributed by atoms with Crippen LogP contribution < -0.4 is 4.74 Å². The van der Waals surface area contributed by atoms with E-state index in [-0.39, 0.29) is 11.7 Å². The number of aromatic amines is 1. The zero-order valence-corrected chi connectivity index (χ0v) is 22.9. The number of imidazole rings is 1. The number of hydrogen-bond donors (Lipinski definition) is 1. The van der Waals surface area contributed by atoms with Crippen LogP contribution in [0.5, 0.6) is 5.75 Å². The molecule has 7 nitrogen and oxygen atoms in total. The van der Waals surface area contributed by atoms with E-state index in [2.05, 4.69) is 32.1 Å². The number of H-pyrrole nitrogens is 1. The maximum absolute atomic E-state index is 13.8. The Morgan fingerprint density at radius 2 is 1.79 bits per heavy atom. The molecule has 1 unspecified atom stereocenters. The fourth-order valence-electron chi connectivity index (χ4n) is 4.20. The summed E-state index contributed by atoms with van der Waals surface area (Å²) in [6.45, 7) is 2.14. The van der Waals surface area contributed by atoms with Crippen LogP contribution in [-0.4, -0.2) is 37.3 Å². The summed E-state index contributed by atoms with van der Waals surface area (Å²) in [7, 11) is 1.60. The molecule has 0 aliphatic carbocycles. The Balaban J connectivity index is 1.44. The average molecular weight is 569 g/mol. The van der Waals surface area contributed by atoms with Crippen molar-refractivity contribution in [2.24, 2.45) is 0 Å². The van der Waals surface area contributed by atoms with Crippen LogP contribution >= 0.6 is 35.0 Å². The number of halogens is 3. The van der Waals surface area contributed by atoms with Gasteiger partial charge in [-0.2, -0.15) is 0 Å². The first-order chi connectivity index (χ1) is 18.4. The molecular weight excluding hydrogens is 546 g/mol. The second-order valence-electron chi connectivity index (χ2n) is 8.70. The lowest BCUT2D eigenvalue weighted by molar-refractivity contribution is 0.414. The molecule has 0 bridgehead atoms. The molecule has 1 N–H and O–H groups in total. The highest BCUT2D eigenvalue weighted by molar-refractivity contribution is 7.98. The Hall–Kier alpha value is -3.40. The number of aromatic nitrogens is 6. The second-order valence-corrected chi connectivity index (χ2v) is 10.5. The number of hydrogen-bond acceptors (Lipinski definition) is 6. The minimum atomic E-state index is -0.290. The van der Waals surface area contributed by atoms with Crippen molar-refractivity contribution in [1.82, 2.24) is 30.2 Å². The Bertz CT molecular complexity index is 1540. The van der Waals surface area contributed by atoms with Gasteiger partial charge in [0, 0.05) is 28.6 Å². The lowest BCUT2D eigenvalue weighted by Gasteiger charge is -2.17. The van der Waals surface area contributed by atoms with Crippen LogP contribution in [0.2, 0.25) is 10.0 Å². The van der Waals surface area contributed by atoms with E-state index in [1.54, 1.807) is 31.0 Å². The highest BCUT2D eigenvalue weighted by Crippen LogP contribution is 2.34. The van der Waals surface area contributed by atoms with Crippen molar-refractivity contribution in [3.63, 3.8) is 0 Å². The maximum atomic E-state index is 13.8. The van der Waals surface area contributed by atoms with Crippen LogP contribution in [0.4, 0.5) is 4.39 Å². The molecule has 38 heavy (non-hydrogen) atoms. The molecule has 0 saturated heterocycles. The summed E-state index contributed by atoms with van der Waals surface area (Å²) in [5.41, 5.74) is 4.70. The number of thioether (sulfide) groups is 1. The first-order valence-corrected chi connectivity index (χ1v) is 13.5. The van der Waals surface area contributed by atoms with E-state index < -0.39 is 0 Å². The summed E-state index contributed by atoms with van der Waals surface area (Å²) in [6.07, 6.45) is 2.63. The zero-order chi connectivity index (χ0) is 26.6. The zero-order valence-electron chi connectivity index (χ0n) is 20.5. The number of nitrogens with one attached hydrogen (secondary N) is 1. The van der Waals surface area contributed by atoms with Crippen molar-refractivity contribution < 1.29 is 9.13 Å². The minimum Gasteiger partial charge on any atom is -0.495 e. The number of ether oxygens (including phenoxy) is 1. The molecule has 11 heteroatoms. The monoisotopic (exact) mass is 568 g/mol. The summed E-state index contributed by atoms with van der Waals surface area (Å²) in [5.74, 6) is 1.59. The number of methoxy groups -OCH3 is 1. The third-order valence-corrected chi connectivity index (χ3v) is 7.77. The molecule has 2 heterocycles. The lowest BCUT2D eigenvalue weighted by atomic mass is 9.98. The average Bonchev–Trinajstić information content (AvgIpc) is 3.60. The predicted octanol–water partition coefficient (Wildman–Crippen LogP) is 7.15. The van der Waals surface area contributed by atoms with Crippen LogP contribution in [0.3, 0.4) is 0 Å². The molecule has 1 atom stereocenters. The van der Waals surface area contributed by atoms with Crippen LogP contribution in [-0.2, 0) is 12.2 Å². The van der Waals surface area contributed by atoms with Crippen LogP contribution in [0.15, 0.2) is 72.0 Å². The first-order valence-electron chi connectivity index (χ1n) is 11.7. The molecule has 5 aromatic rings. The molecule has 0 radical (unpaired) electrons. The largest absolute Gasteiger partial charge is 0.495 e. The highest BCUT2D eigenvalue weighted by Gasteiger charge is 2.19. The van der Waals surface area contributed by atoms with E-state index >= 15 is 0 Å². The standard InChI is InChI=1S/C27H23Cl2FN6OS/c1-16(11-17-3-10-23(29)25(13-17)37-2)24-14-31-27(36(24)20-7-5-19(30)6-8-20)38-15-18-4-9-22(28)21(12-18)26-32-34-35-33-26/h3-10,12-14,16H,11,15H2,1-2H3,(H,32,33,34,35). The number of nitrogens with zero attached hydrogens (tertiary/aromatic N) is 5. The minimum absolute atomic E-state index is 0.105. The van der Waals surface area contributed by atoms with Crippen molar-refractivity contribution in [1.29, 1.82) is 0 Å². The van der Waals surface area contributed by atoms with Crippen molar-refractivity contribution in [3.8, 4) is 22.8 Å². The quantitative estimate of drug-likeness (QED) is 0.190. The van der Waals surface area contributed by atoms with E-state index in [1.165, 1.54) is 12.1 Å². The summed E-state index contributed by atoms with van der Waals surface area (Å²) in [5, 5.41) is 15.9. The van der Waals surface area contributed by atoms with Gasteiger partial charge >= 0.3 is 0 Å². The molecule has 5 rings (SSSR count). The van der Waals surface area contributed by atoms with Gasteiger partial charge < -0.3 is 4.74 Å². The number of tetrazole rings is 1. The van der Waals surface area contributed by atoms with E-state index in [0.717, 1.165) is 39.6 Å². The number of rotatable bonds is 9. The topological polar surface area (TPSA) is 81.5 Å². The van der Waals surface area contributed by atoms with Crippen molar-refractivity contribution in [3.05, 3.63) is 99.5 Å². The van der Waals surface area contributed by atoms with Gasteiger partial charge in [-0.1, -0.05) is 54.0 Å². The van der Waals surface area contributed by atoms with Crippen molar-refractivity contribution in [2.45, 2.75) is 30.2 Å². The molecule has 0 aliphatic heterocycles. The van der Waals surface area contributed by atoms with Crippen molar-refractivity contribution in [2.75, 3.05) is 7.11 Å². The van der Waals surface area contributed by atoms with Crippen LogP contribution in [0.25, 0.3) is 17.1 Å². The predicted molar refractivity (Wildman–Crippen MR) is 148 cm³/mol. The summed E-state index contributed by atoms with van der Waals surface area (Å²) in [6, 6.07) is 18.0. The van der Waals surface area contributed by atoms with Gasteiger partial charge in [0.2, 0.25) is 0 Å². The molecule has 3 aromatic carbocycles. The Labute approximate surface area is 233 Å². The molecule has 0 saturated carbocycles. The van der Waals surface area contributed by atoms with Gasteiger partial charge in [0.05, 0.1) is 23.4 Å². The molecule has 0 aliphatic rings. The second kappa shape index (κ2) is 11.6. The first kappa shape index (κ1) is 26.2. The van der Waals surface area contributed by atoms with Gasteiger partial charge in [0.25, 0.3) is 0 Å². The van der Waals surface area contributed by atoms with E-state index in [4.69, 9.17) is 32.9 Å². The summed E-state index contributed by atoms with van der Waals surface area (Å²) < 4.78 is 21.2. The molecule has 0 fully saturated rings. The maximum Gasteiger partial charge on any atom is 0.180 e. The molecule has 0 amide bonds. The Morgan fingerprint density at radius 1 is 1.03 bits per heavy atom. The van der Waals surface area contributed by atoms with Crippen LogP contribution in [0.1, 0.15) is 29.7 Å². The summed E-state index contributed by atoms with van der Waals surface area (Å²) >= 11 is 14.2. The number of benzene rings is 3. The SMILES string of the molecule is COc1cc(CC(C)c2cnc(SCc3ccc(Cl)c(-c4nnn[nH]4)c3)n2-c2ccc(F)cc2)ccc1Cl. The smallest absolute Gasteiger partial charge is 0.180 e. The van der Waals surface area contributed by atoms with Gasteiger partial charge in [-0.25, -0.2) is 14.5 Å². The highest BCUT2D eigenvalue weighted by atomic mass is 35.5. The lowest BCUT2D eigenvalue weighted by Crippen LogP contribution is -2.08. The van der Waals surface area contributed by atoms with Gasteiger partial charge in [-0.15, -0.1) is 5.10 Å². The fraction of sp³-hybridized carbons (Fsp3) is 0.185. The third-order valence-electron chi connectivity index (χ3n) is 6.10. The van der Waals surface area contributed by atoms with Gasteiger partial charge in [-0.05, 0) is 76.5 Å². The Kier molecular flexibility index (Phi) is 7.97. The Morgan fingerprint density at radius 3 is 2.53 bits per heavy atom.